The van der Waals surface area contributed by atoms with Crippen molar-refractivity contribution in [3.63, 3.8) is 0 Å². The zero-order valence-electron chi connectivity index (χ0n) is 7.12. The largest absolute Gasteiger partial charge is 0.332 e. The maximum absolute atomic E-state index is 11.3. The van der Waals surface area contributed by atoms with Crippen molar-refractivity contribution < 1.29 is 0 Å². The Bertz CT molecular complexity index is 453. The molecule has 2 rings (SSSR count). The van der Waals surface area contributed by atoms with Gasteiger partial charge in [-0.2, -0.15) is 0 Å². The average molecular weight is 178 g/mol. The Kier molecular flexibility index (Phi) is 1.88. The first-order valence-corrected chi connectivity index (χ1v) is 4.29. The van der Waals surface area contributed by atoms with E-state index in [1.807, 2.05) is 6.08 Å². The van der Waals surface area contributed by atoms with Gasteiger partial charge in [0.05, 0.1) is 0 Å². The van der Waals surface area contributed by atoms with Crippen LogP contribution in [0.3, 0.4) is 0 Å². The summed E-state index contributed by atoms with van der Waals surface area (Å²) in [5, 5.41) is 0. The topological polar surface area (TPSA) is 54.9 Å². The first-order chi connectivity index (χ1) is 6.27. The predicted octanol–water partition coefficient (Wildman–Crippen LogP) is 0.561. The van der Waals surface area contributed by atoms with Crippen molar-refractivity contribution in [1.82, 2.24) is 9.55 Å². The van der Waals surface area contributed by atoms with Gasteiger partial charge in [0.25, 0.3) is 5.56 Å². The maximum Gasteiger partial charge on any atom is 0.332 e. The van der Waals surface area contributed by atoms with Crippen LogP contribution in [-0.2, 0) is 0 Å². The quantitative estimate of drug-likeness (QED) is 0.683. The van der Waals surface area contributed by atoms with E-state index in [9.17, 15) is 9.59 Å². The predicted molar refractivity (Wildman–Crippen MR) is 49.4 cm³/mol. The number of allylic oxidation sites excluding steroid dienone is 2. The minimum atomic E-state index is -0.347. The van der Waals surface area contributed by atoms with Gasteiger partial charge in [-0.3, -0.25) is 14.3 Å². The van der Waals surface area contributed by atoms with Gasteiger partial charge < -0.3 is 0 Å². The third-order valence-corrected chi connectivity index (χ3v) is 2.15. The summed E-state index contributed by atoms with van der Waals surface area (Å²) in [6.45, 7) is 0. The van der Waals surface area contributed by atoms with Crippen molar-refractivity contribution in [1.29, 1.82) is 0 Å². The van der Waals surface area contributed by atoms with Crippen molar-refractivity contribution in [3.05, 3.63) is 39.2 Å². The van der Waals surface area contributed by atoms with Gasteiger partial charge in [0, 0.05) is 18.0 Å². The number of H-pyrrole nitrogens is 1. The smallest absolute Gasteiger partial charge is 0.274 e. The molecule has 0 spiro atoms. The third kappa shape index (κ3) is 1.47. The molecule has 1 aromatic heterocycles. The van der Waals surface area contributed by atoms with Crippen LogP contribution in [0.1, 0.15) is 19.3 Å². The molecule has 0 aliphatic heterocycles. The molecule has 4 nitrogen and oxygen atoms in total. The van der Waals surface area contributed by atoms with Gasteiger partial charge >= 0.3 is 5.69 Å². The SMILES string of the molecule is O=c1ccn(C2=CCCC2)c(=O)[nH]1. The molecule has 0 amide bonds. The van der Waals surface area contributed by atoms with Gasteiger partial charge in [0.2, 0.25) is 0 Å². The van der Waals surface area contributed by atoms with E-state index in [0.717, 1.165) is 25.0 Å². The molecule has 1 aliphatic carbocycles. The fourth-order valence-electron chi connectivity index (χ4n) is 1.52. The van der Waals surface area contributed by atoms with Crippen LogP contribution in [0.15, 0.2) is 27.9 Å². The van der Waals surface area contributed by atoms with Crippen LogP contribution in [-0.4, -0.2) is 9.55 Å². The van der Waals surface area contributed by atoms with E-state index in [2.05, 4.69) is 4.98 Å². The van der Waals surface area contributed by atoms with E-state index in [4.69, 9.17) is 0 Å². The molecule has 0 saturated heterocycles. The van der Waals surface area contributed by atoms with Gasteiger partial charge in [-0.1, -0.05) is 6.08 Å². The highest BCUT2D eigenvalue weighted by Gasteiger charge is 2.07. The zero-order chi connectivity index (χ0) is 9.26. The summed E-state index contributed by atoms with van der Waals surface area (Å²) in [5.74, 6) is 0. The highest BCUT2D eigenvalue weighted by Crippen LogP contribution is 2.19. The Balaban J connectivity index is 2.52. The fourth-order valence-corrected chi connectivity index (χ4v) is 1.52. The maximum atomic E-state index is 11.3. The third-order valence-electron chi connectivity index (χ3n) is 2.15. The van der Waals surface area contributed by atoms with E-state index < -0.39 is 0 Å². The van der Waals surface area contributed by atoms with Crippen molar-refractivity contribution in [2.24, 2.45) is 0 Å². The second-order valence-electron chi connectivity index (χ2n) is 3.07. The molecule has 0 fully saturated rings. The summed E-state index contributed by atoms with van der Waals surface area (Å²) in [4.78, 5) is 24.3. The van der Waals surface area contributed by atoms with Crippen molar-refractivity contribution in [2.45, 2.75) is 19.3 Å². The number of hydrogen-bond acceptors (Lipinski definition) is 2. The standard InChI is InChI=1S/C9H10N2O2/c12-8-5-6-11(9(13)10-8)7-3-1-2-4-7/h3,5-6H,1-2,4H2,(H,10,12,13). The fraction of sp³-hybridized carbons (Fsp3) is 0.333. The first kappa shape index (κ1) is 8.04. The molecule has 0 aromatic carbocycles. The molecule has 0 unspecified atom stereocenters. The minimum Gasteiger partial charge on any atom is -0.274 e. The van der Waals surface area contributed by atoms with Crippen LogP contribution in [0.2, 0.25) is 0 Å². The monoisotopic (exact) mass is 178 g/mol. The van der Waals surface area contributed by atoms with E-state index in [1.54, 1.807) is 0 Å². The molecule has 0 atom stereocenters. The van der Waals surface area contributed by atoms with Crippen LogP contribution in [0.4, 0.5) is 0 Å². The van der Waals surface area contributed by atoms with Crippen LogP contribution in [0, 0.1) is 0 Å². The molecule has 4 heteroatoms. The lowest BCUT2D eigenvalue weighted by Crippen LogP contribution is -2.27. The lowest BCUT2D eigenvalue weighted by molar-refractivity contribution is 0.857. The van der Waals surface area contributed by atoms with Crippen LogP contribution >= 0.6 is 0 Å². The van der Waals surface area contributed by atoms with Gasteiger partial charge in [-0.15, -0.1) is 0 Å². The van der Waals surface area contributed by atoms with E-state index >= 15 is 0 Å². The van der Waals surface area contributed by atoms with Crippen molar-refractivity contribution in [2.75, 3.05) is 0 Å². The number of aromatic amines is 1. The minimum absolute atomic E-state index is 0.347. The Hall–Kier alpha value is -1.58. The normalized spacial score (nSPS) is 15.8. The van der Waals surface area contributed by atoms with Crippen LogP contribution < -0.4 is 11.2 Å². The molecule has 0 bridgehead atoms. The van der Waals surface area contributed by atoms with E-state index in [0.29, 0.717) is 0 Å². The number of nitrogens with one attached hydrogen (secondary N) is 1. The van der Waals surface area contributed by atoms with Crippen molar-refractivity contribution in [3.8, 4) is 0 Å². The molecule has 1 aromatic rings. The highest BCUT2D eigenvalue weighted by molar-refractivity contribution is 5.46. The summed E-state index contributed by atoms with van der Waals surface area (Å²) in [5.41, 5.74) is 0.293. The summed E-state index contributed by atoms with van der Waals surface area (Å²) in [7, 11) is 0. The van der Waals surface area contributed by atoms with Gasteiger partial charge in [0.15, 0.2) is 0 Å². The molecular weight excluding hydrogens is 168 g/mol. The Morgan fingerprint density at radius 1 is 1.38 bits per heavy atom. The van der Waals surface area contributed by atoms with E-state index in [-0.39, 0.29) is 11.2 Å². The Morgan fingerprint density at radius 3 is 2.85 bits per heavy atom. The number of aromatic nitrogens is 2. The summed E-state index contributed by atoms with van der Waals surface area (Å²) in [6.07, 6.45) is 6.56. The van der Waals surface area contributed by atoms with E-state index in [1.165, 1.54) is 16.8 Å². The van der Waals surface area contributed by atoms with Gasteiger partial charge in [0.1, 0.15) is 0 Å². The van der Waals surface area contributed by atoms with Crippen molar-refractivity contribution >= 4 is 5.70 Å². The highest BCUT2D eigenvalue weighted by atomic mass is 16.2. The number of rotatable bonds is 1. The molecule has 0 radical (unpaired) electrons. The number of nitrogens with zero attached hydrogens (tertiary/aromatic N) is 1. The second-order valence-corrected chi connectivity index (χ2v) is 3.07. The summed E-state index contributed by atoms with van der Waals surface area (Å²) in [6, 6.07) is 1.36. The van der Waals surface area contributed by atoms with Gasteiger partial charge in [-0.25, -0.2) is 4.79 Å². The lowest BCUT2D eigenvalue weighted by atomic mass is 10.3. The summed E-state index contributed by atoms with van der Waals surface area (Å²) < 4.78 is 1.49. The molecule has 0 saturated carbocycles. The second kappa shape index (κ2) is 3.05. The molecule has 1 heterocycles. The average Bonchev–Trinajstić information content (AvgIpc) is 2.56. The molecule has 1 aliphatic rings. The molecule has 68 valence electrons. The van der Waals surface area contributed by atoms with Gasteiger partial charge in [-0.05, 0) is 19.3 Å². The lowest BCUT2D eigenvalue weighted by Gasteiger charge is -2.03. The molecular formula is C9H10N2O2. The summed E-state index contributed by atoms with van der Waals surface area (Å²) >= 11 is 0. The molecule has 13 heavy (non-hydrogen) atoms. The first-order valence-electron chi connectivity index (χ1n) is 4.29. The Morgan fingerprint density at radius 2 is 2.23 bits per heavy atom. The zero-order valence-corrected chi connectivity index (χ0v) is 7.12. The molecule has 1 N–H and O–H groups in total. The van der Waals surface area contributed by atoms with Crippen LogP contribution in [0.25, 0.3) is 5.70 Å². The number of hydrogen-bond donors (Lipinski definition) is 1. The Labute approximate surface area is 74.5 Å². The van der Waals surface area contributed by atoms with Crippen LogP contribution in [0.5, 0.6) is 0 Å².